The average Bonchev–Trinajstić information content (AvgIpc) is 2.96. The van der Waals surface area contributed by atoms with Gasteiger partial charge in [0, 0.05) is 24.8 Å². The van der Waals surface area contributed by atoms with Crippen molar-refractivity contribution in [2.75, 3.05) is 13.1 Å². The molecule has 0 bridgehead atoms. The van der Waals surface area contributed by atoms with Gasteiger partial charge in [0.15, 0.2) is 0 Å². The van der Waals surface area contributed by atoms with Crippen LogP contribution in [-0.2, 0) is 11.2 Å². The number of β-amino-alcohol motifs (C(OH)–C–C–N with tert-alkyl or cyclic N) is 1. The first-order valence-corrected chi connectivity index (χ1v) is 6.24. The van der Waals surface area contributed by atoms with E-state index in [0.717, 1.165) is 16.5 Å². The van der Waals surface area contributed by atoms with E-state index >= 15 is 0 Å². The third-order valence-corrected chi connectivity index (χ3v) is 3.49. The van der Waals surface area contributed by atoms with Gasteiger partial charge in [0.1, 0.15) is 0 Å². The van der Waals surface area contributed by atoms with Crippen LogP contribution in [0.25, 0.3) is 10.9 Å². The van der Waals surface area contributed by atoms with Crippen molar-refractivity contribution in [1.82, 2.24) is 9.88 Å². The van der Waals surface area contributed by atoms with E-state index in [2.05, 4.69) is 4.98 Å². The Morgan fingerprint density at radius 1 is 1.44 bits per heavy atom. The molecular weight excluding hydrogens is 228 g/mol. The molecule has 1 aliphatic rings. The zero-order valence-electron chi connectivity index (χ0n) is 10.1. The van der Waals surface area contributed by atoms with Gasteiger partial charge in [-0.25, -0.2) is 0 Å². The first kappa shape index (κ1) is 11.3. The molecule has 0 aliphatic carbocycles. The van der Waals surface area contributed by atoms with Crippen molar-refractivity contribution in [2.24, 2.45) is 0 Å². The lowest BCUT2D eigenvalue weighted by Crippen LogP contribution is -2.30. The second-order valence-electron chi connectivity index (χ2n) is 4.86. The minimum atomic E-state index is -0.346. The largest absolute Gasteiger partial charge is 0.391 e. The van der Waals surface area contributed by atoms with Gasteiger partial charge in [0.2, 0.25) is 5.91 Å². The van der Waals surface area contributed by atoms with Crippen molar-refractivity contribution in [3.05, 3.63) is 36.0 Å². The van der Waals surface area contributed by atoms with E-state index in [1.54, 1.807) is 4.90 Å². The lowest BCUT2D eigenvalue weighted by atomic mass is 10.1. The van der Waals surface area contributed by atoms with Gasteiger partial charge in [-0.1, -0.05) is 6.07 Å². The zero-order chi connectivity index (χ0) is 12.5. The molecule has 1 unspecified atom stereocenters. The molecule has 1 atom stereocenters. The number of H-pyrrole nitrogens is 1. The normalized spacial score (nSPS) is 19.6. The van der Waals surface area contributed by atoms with Crippen molar-refractivity contribution < 1.29 is 9.90 Å². The predicted octanol–water partition coefficient (Wildman–Crippen LogP) is 1.30. The number of nitrogens with one attached hydrogen (secondary N) is 1. The molecule has 2 N–H and O–H groups in total. The molecule has 1 fully saturated rings. The lowest BCUT2D eigenvalue weighted by Gasteiger charge is -2.15. The fraction of sp³-hybridized carbons (Fsp3) is 0.357. The summed E-state index contributed by atoms with van der Waals surface area (Å²) in [5.74, 6) is 0.0986. The third-order valence-electron chi connectivity index (χ3n) is 3.49. The maximum absolute atomic E-state index is 12.0. The number of hydrogen-bond acceptors (Lipinski definition) is 2. The highest BCUT2D eigenvalue weighted by Gasteiger charge is 2.24. The highest BCUT2D eigenvalue weighted by Crippen LogP contribution is 2.16. The van der Waals surface area contributed by atoms with Crippen LogP contribution in [0.4, 0.5) is 0 Å². The SMILES string of the molecule is O=C(Cc1ccc2[nH]ccc2c1)N1CCC(O)C1. The number of nitrogens with zero attached hydrogens (tertiary/aromatic N) is 1. The summed E-state index contributed by atoms with van der Waals surface area (Å²) >= 11 is 0. The smallest absolute Gasteiger partial charge is 0.227 e. The molecule has 1 aliphatic heterocycles. The topological polar surface area (TPSA) is 56.3 Å². The standard InChI is InChI=1S/C14H16N2O2/c17-12-4-6-16(9-12)14(18)8-10-1-2-13-11(7-10)3-5-15-13/h1-3,5,7,12,15,17H,4,6,8-9H2. The number of benzene rings is 1. The van der Waals surface area contributed by atoms with Crippen LogP contribution in [-0.4, -0.2) is 40.1 Å². The van der Waals surface area contributed by atoms with E-state index in [0.29, 0.717) is 25.9 Å². The Morgan fingerprint density at radius 3 is 3.11 bits per heavy atom. The molecule has 2 heterocycles. The summed E-state index contributed by atoms with van der Waals surface area (Å²) in [6.07, 6.45) is 2.66. The van der Waals surface area contributed by atoms with Gasteiger partial charge in [-0.05, 0) is 35.6 Å². The highest BCUT2D eigenvalue weighted by molar-refractivity contribution is 5.83. The second kappa shape index (κ2) is 4.46. The van der Waals surface area contributed by atoms with Crippen molar-refractivity contribution in [3.63, 3.8) is 0 Å². The number of rotatable bonds is 2. The fourth-order valence-electron chi connectivity index (χ4n) is 2.47. The summed E-state index contributed by atoms with van der Waals surface area (Å²) in [4.78, 5) is 16.9. The van der Waals surface area contributed by atoms with Crippen LogP contribution in [0.15, 0.2) is 30.5 Å². The molecule has 0 saturated carbocycles. The predicted molar refractivity (Wildman–Crippen MR) is 69.2 cm³/mol. The first-order chi connectivity index (χ1) is 8.72. The van der Waals surface area contributed by atoms with Gasteiger partial charge in [-0.2, -0.15) is 0 Å². The van der Waals surface area contributed by atoms with Crippen LogP contribution < -0.4 is 0 Å². The van der Waals surface area contributed by atoms with E-state index in [1.807, 2.05) is 30.5 Å². The number of aliphatic hydroxyl groups excluding tert-OH is 1. The van der Waals surface area contributed by atoms with E-state index in [4.69, 9.17) is 0 Å². The van der Waals surface area contributed by atoms with E-state index in [9.17, 15) is 9.90 Å². The van der Waals surface area contributed by atoms with Gasteiger partial charge in [0.05, 0.1) is 12.5 Å². The first-order valence-electron chi connectivity index (χ1n) is 6.24. The molecule has 2 aromatic rings. The third kappa shape index (κ3) is 2.11. The Labute approximate surface area is 105 Å². The zero-order valence-corrected chi connectivity index (χ0v) is 10.1. The molecule has 1 aromatic carbocycles. The molecule has 0 spiro atoms. The molecule has 4 heteroatoms. The fourth-order valence-corrected chi connectivity index (χ4v) is 2.47. The number of carbonyl (C=O) groups is 1. The molecule has 4 nitrogen and oxygen atoms in total. The number of aliphatic hydroxyl groups is 1. The number of fused-ring (bicyclic) bond motifs is 1. The van der Waals surface area contributed by atoms with Gasteiger partial charge in [-0.15, -0.1) is 0 Å². The number of amides is 1. The van der Waals surface area contributed by atoms with Gasteiger partial charge in [-0.3, -0.25) is 4.79 Å². The second-order valence-corrected chi connectivity index (χ2v) is 4.86. The Bertz CT molecular complexity index is 576. The number of hydrogen-bond donors (Lipinski definition) is 2. The number of aromatic amines is 1. The maximum Gasteiger partial charge on any atom is 0.227 e. The van der Waals surface area contributed by atoms with Crippen LogP contribution in [0, 0.1) is 0 Å². The Hall–Kier alpha value is -1.81. The molecular formula is C14H16N2O2. The Morgan fingerprint density at radius 2 is 2.33 bits per heavy atom. The molecule has 0 radical (unpaired) electrons. The van der Waals surface area contributed by atoms with E-state index in [-0.39, 0.29) is 12.0 Å². The lowest BCUT2D eigenvalue weighted by molar-refractivity contribution is -0.129. The van der Waals surface area contributed by atoms with Crippen LogP contribution in [0.1, 0.15) is 12.0 Å². The minimum Gasteiger partial charge on any atom is -0.391 e. The summed E-state index contributed by atoms with van der Waals surface area (Å²) in [6, 6.07) is 8.01. The summed E-state index contributed by atoms with van der Waals surface area (Å²) < 4.78 is 0. The summed E-state index contributed by atoms with van der Waals surface area (Å²) in [6.45, 7) is 1.15. The van der Waals surface area contributed by atoms with Crippen molar-refractivity contribution in [2.45, 2.75) is 18.9 Å². The molecule has 3 rings (SSSR count). The van der Waals surface area contributed by atoms with E-state index in [1.165, 1.54) is 0 Å². The van der Waals surface area contributed by atoms with Crippen LogP contribution in [0.3, 0.4) is 0 Å². The number of aromatic nitrogens is 1. The van der Waals surface area contributed by atoms with Crippen LogP contribution in [0.2, 0.25) is 0 Å². The Balaban J connectivity index is 1.73. The van der Waals surface area contributed by atoms with Crippen LogP contribution in [0.5, 0.6) is 0 Å². The molecule has 1 aromatic heterocycles. The highest BCUT2D eigenvalue weighted by atomic mass is 16.3. The quantitative estimate of drug-likeness (QED) is 0.836. The summed E-state index contributed by atoms with van der Waals surface area (Å²) in [5.41, 5.74) is 2.11. The Kier molecular flexibility index (Phi) is 2.80. The van der Waals surface area contributed by atoms with Gasteiger partial charge < -0.3 is 15.0 Å². The average molecular weight is 244 g/mol. The van der Waals surface area contributed by atoms with Crippen LogP contribution >= 0.6 is 0 Å². The van der Waals surface area contributed by atoms with E-state index < -0.39 is 0 Å². The molecule has 1 amide bonds. The molecule has 18 heavy (non-hydrogen) atoms. The van der Waals surface area contributed by atoms with Crippen molar-refractivity contribution in [3.8, 4) is 0 Å². The monoisotopic (exact) mass is 244 g/mol. The maximum atomic E-state index is 12.0. The van der Waals surface area contributed by atoms with Crippen molar-refractivity contribution >= 4 is 16.8 Å². The number of likely N-dealkylation sites (tertiary alicyclic amines) is 1. The molecule has 1 saturated heterocycles. The summed E-state index contributed by atoms with van der Waals surface area (Å²) in [7, 11) is 0. The summed E-state index contributed by atoms with van der Waals surface area (Å²) in [5, 5.41) is 10.6. The number of carbonyl (C=O) groups excluding carboxylic acids is 1. The van der Waals surface area contributed by atoms with Gasteiger partial charge in [0.25, 0.3) is 0 Å². The molecule has 94 valence electrons. The minimum absolute atomic E-state index is 0.0986. The van der Waals surface area contributed by atoms with Gasteiger partial charge >= 0.3 is 0 Å². The van der Waals surface area contributed by atoms with Crippen molar-refractivity contribution in [1.29, 1.82) is 0 Å².